The van der Waals surface area contributed by atoms with Crippen LogP contribution in [-0.4, -0.2) is 34.9 Å². The number of carbonyl (C=O) groups excluding carboxylic acids is 1. The molecule has 1 atom stereocenters. The van der Waals surface area contributed by atoms with Crippen LogP contribution >= 0.6 is 0 Å². The highest BCUT2D eigenvalue weighted by Gasteiger charge is 2.18. The van der Waals surface area contributed by atoms with E-state index in [-0.39, 0.29) is 6.04 Å². The van der Waals surface area contributed by atoms with Crippen LogP contribution in [0.4, 0.5) is 4.79 Å². The highest BCUT2D eigenvalue weighted by Crippen LogP contribution is 2.27. The van der Waals surface area contributed by atoms with Crippen LogP contribution in [0, 0.1) is 0 Å². The van der Waals surface area contributed by atoms with E-state index in [1.807, 2.05) is 50.6 Å². The molecule has 0 saturated carbocycles. The summed E-state index contributed by atoms with van der Waals surface area (Å²) >= 11 is 0. The second kappa shape index (κ2) is 7.74. The fraction of sp³-hybridized carbons (Fsp3) is 0.556. The number of hydrogen-bond donors (Lipinski definition) is 2. The average Bonchev–Trinajstić information content (AvgIpc) is 2.87. The number of nitrogens with two attached hydrogens (primary N) is 1. The van der Waals surface area contributed by atoms with E-state index in [9.17, 15) is 4.79 Å². The topological polar surface area (TPSA) is 91.4 Å². The summed E-state index contributed by atoms with van der Waals surface area (Å²) in [6.07, 6.45) is 1.03. The third kappa shape index (κ3) is 4.85. The Hall–Kier alpha value is -2.28. The monoisotopic (exact) mass is 348 g/mol. The molecule has 7 nitrogen and oxygen atoms in total. The highest BCUT2D eigenvalue weighted by molar-refractivity contribution is 5.82. The number of aromatic nitrogens is 2. The van der Waals surface area contributed by atoms with Crippen LogP contribution in [0.1, 0.15) is 45.5 Å². The molecule has 1 amide bonds. The van der Waals surface area contributed by atoms with Crippen LogP contribution in [0.25, 0.3) is 11.0 Å². The van der Waals surface area contributed by atoms with Crippen molar-refractivity contribution in [3.63, 3.8) is 0 Å². The van der Waals surface area contributed by atoms with E-state index in [4.69, 9.17) is 15.2 Å². The fourth-order valence-corrected chi connectivity index (χ4v) is 2.66. The van der Waals surface area contributed by atoms with Crippen LogP contribution in [0.15, 0.2) is 18.2 Å². The van der Waals surface area contributed by atoms with Gasteiger partial charge in [-0.1, -0.05) is 6.07 Å². The summed E-state index contributed by atoms with van der Waals surface area (Å²) in [6.45, 7) is 6.02. The minimum Gasteiger partial charge on any atom is -0.494 e. The van der Waals surface area contributed by atoms with Gasteiger partial charge in [-0.15, -0.1) is 0 Å². The van der Waals surface area contributed by atoms with Crippen molar-refractivity contribution in [3.05, 3.63) is 24.0 Å². The molecule has 1 aromatic heterocycles. The van der Waals surface area contributed by atoms with Crippen LogP contribution in [-0.2, 0) is 11.8 Å². The molecule has 2 aromatic rings. The molecule has 0 spiro atoms. The summed E-state index contributed by atoms with van der Waals surface area (Å²) in [5.41, 5.74) is 7.60. The summed E-state index contributed by atoms with van der Waals surface area (Å²) in [7, 11) is 3.58. The number of alkyl carbamates (subject to hydrolysis) is 1. The lowest BCUT2D eigenvalue weighted by Gasteiger charge is -2.19. The zero-order chi connectivity index (χ0) is 18.6. The molecule has 0 bridgehead atoms. The minimum absolute atomic E-state index is 0.220. The van der Waals surface area contributed by atoms with Crippen molar-refractivity contribution in [2.45, 2.75) is 45.3 Å². The number of nitrogens with zero attached hydrogens (tertiary/aromatic N) is 2. The molecule has 0 aliphatic carbocycles. The number of para-hydroxylation sites is 1. The van der Waals surface area contributed by atoms with Gasteiger partial charge >= 0.3 is 6.09 Å². The Kier molecular flexibility index (Phi) is 5.89. The number of hydrogen-bond acceptors (Lipinski definition) is 5. The second-order valence-corrected chi connectivity index (χ2v) is 7.03. The lowest BCUT2D eigenvalue weighted by molar-refractivity contribution is 0.0526. The number of rotatable bonds is 6. The number of carbonyl (C=O) groups is 1. The Morgan fingerprint density at radius 3 is 2.76 bits per heavy atom. The number of amides is 1. The first kappa shape index (κ1) is 19.1. The van der Waals surface area contributed by atoms with Gasteiger partial charge in [-0.05, 0) is 45.7 Å². The zero-order valence-electron chi connectivity index (χ0n) is 15.6. The maximum Gasteiger partial charge on any atom is 0.407 e. The van der Waals surface area contributed by atoms with E-state index >= 15 is 0 Å². The predicted molar refractivity (Wildman–Crippen MR) is 97.7 cm³/mol. The van der Waals surface area contributed by atoms with Crippen molar-refractivity contribution in [2.75, 3.05) is 13.7 Å². The molecule has 2 rings (SSSR count). The van der Waals surface area contributed by atoms with Gasteiger partial charge in [0.25, 0.3) is 0 Å². The van der Waals surface area contributed by atoms with E-state index in [1.165, 1.54) is 0 Å². The van der Waals surface area contributed by atoms with E-state index in [0.29, 0.717) is 13.0 Å². The molecular weight excluding hydrogens is 320 g/mol. The van der Waals surface area contributed by atoms with Crippen molar-refractivity contribution in [1.82, 2.24) is 14.9 Å². The molecule has 138 valence electrons. The van der Waals surface area contributed by atoms with E-state index in [0.717, 1.165) is 29.0 Å². The Morgan fingerprint density at radius 1 is 1.40 bits per heavy atom. The molecule has 0 radical (unpaired) electrons. The Balaban J connectivity index is 1.93. The van der Waals surface area contributed by atoms with Crippen LogP contribution < -0.4 is 15.8 Å². The van der Waals surface area contributed by atoms with Gasteiger partial charge in [0.1, 0.15) is 22.7 Å². The minimum atomic E-state index is -0.493. The summed E-state index contributed by atoms with van der Waals surface area (Å²) in [5, 5.41) is 2.74. The Morgan fingerprint density at radius 2 is 2.12 bits per heavy atom. The normalized spacial score (nSPS) is 12.9. The van der Waals surface area contributed by atoms with Crippen molar-refractivity contribution in [3.8, 4) is 5.75 Å². The highest BCUT2D eigenvalue weighted by atomic mass is 16.6. The van der Waals surface area contributed by atoms with Crippen molar-refractivity contribution >= 4 is 17.1 Å². The standard InChI is InChI=1S/C18H28N4O3/c1-18(2,3)25-17(23)20-11-7-8-12(19)16-21-15-13(22(16)4)9-6-10-14(15)24-5/h6,9-10,12H,7-8,11,19H2,1-5H3,(H,20,23)/t12-/m0/s1. The number of nitrogens with one attached hydrogen (secondary N) is 1. The van der Waals surface area contributed by atoms with Crippen molar-refractivity contribution in [2.24, 2.45) is 12.8 Å². The second-order valence-electron chi connectivity index (χ2n) is 7.03. The largest absolute Gasteiger partial charge is 0.494 e. The smallest absolute Gasteiger partial charge is 0.407 e. The maximum absolute atomic E-state index is 11.6. The summed E-state index contributed by atoms with van der Waals surface area (Å²) in [5.74, 6) is 1.54. The van der Waals surface area contributed by atoms with Crippen LogP contribution in [0.3, 0.4) is 0 Å². The van der Waals surface area contributed by atoms with Crippen LogP contribution in [0.2, 0.25) is 0 Å². The van der Waals surface area contributed by atoms with Gasteiger partial charge in [0.2, 0.25) is 0 Å². The third-order valence-electron chi connectivity index (χ3n) is 3.82. The van der Waals surface area contributed by atoms with E-state index < -0.39 is 11.7 Å². The van der Waals surface area contributed by atoms with Crippen molar-refractivity contribution < 1.29 is 14.3 Å². The molecular formula is C18H28N4O3. The van der Waals surface area contributed by atoms with Gasteiger partial charge in [0.15, 0.2) is 0 Å². The number of fused-ring (bicyclic) bond motifs is 1. The number of ether oxygens (including phenoxy) is 2. The molecule has 0 saturated heterocycles. The van der Waals surface area contributed by atoms with E-state index in [2.05, 4.69) is 10.3 Å². The van der Waals surface area contributed by atoms with Gasteiger partial charge in [-0.2, -0.15) is 0 Å². The first-order valence-electron chi connectivity index (χ1n) is 8.44. The van der Waals surface area contributed by atoms with Gasteiger partial charge in [0, 0.05) is 13.6 Å². The summed E-state index contributed by atoms with van der Waals surface area (Å²) < 4.78 is 12.6. The molecule has 1 heterocycles. The first-order valence-corrected chi connectivity index (χ1v) is 8.44. The number of benzene rings is 1. The summed E-state index contributed by atoms with van der Waals surface area (Å²) in [4.78, 5) is 16.3. The first-order chi connectivity index (χ1) is 11.7. The van der Waals surface area contributed by atoms with Gasteiger partial charge in [-0.25, -0.2) is 9.78 Å². The molecule has 0 aliphatic heterocycles. The number of imidazole rings is 1. The SMILES string of the molecule is COc1cccc2c1nc([C@@H](N)CCCNC(=O)OC(C)(C)C)n2C. The number of methoxy groups -OCH3 is 1. The molecule has 25 heavy (non-hydrogen) atoms. The molecule has 0 unspecified atom stereocenters. The van der Waals surface area contributed by atoms with Gasteiger partial charge < -0.3 is 25.1 Å². The average molecular weight is 348 g/mol. The summed E-state index contributed by atoms with van der Waals surface area (Å²) in [6, 6.07) is 5.59. The predicted octanol–water partition coefficient (Wildman–Crippen LogP) is 2.89. The third-order valence-corrected chi connectivity index (χ3v) is 3.82. The molecule has 0 fully saturated rings. The van der Waals surface area contributed by atoms with Crippen LogP contribution in [0.5, 0.6) is 5.75 Å². The Labute approximate surface area is 148 Å². The van der Waals surface area contributed by atoms with Gasteiger partial charge in [0.05, 0.1) is 18.7 Å². The van der Waals surface area contributed by atoms with Crippen molar-refractivity contribution in [1.29, 1.82) is 0 Å². The quantitative estimate of drug-likeness (QED) is 0.783. The molecule has 3 N–H and O–H groups in total. The Bertz CT molecular complexity index is 734. The zero-order valence-corrected chi connectivity index (χ0v) is 15.6. The maximum atomic E-state index is 11.6. The lowest BCUT2D eigenvalue weighted by Crippen LogP contribution is -2.33. The molecule has 7 heteroatoms. The number of aryl methyl sites for hydroxylation is 1. The lowest BCUT2D eigenvalue weighted by atomic mass is 10.1. The van der Waals surface area contributed by atoms with Gasteiger partial charge in [-0.3, -0.25) is 0 Å². The molecule has 0 aliphatic rings. The fourth-order valence-electron chi connectivity index (χ4n) is 2.66. The van der Waals surface area contributed by atoms with E-state index in [1.54, 1.807) is 7.11 Å². The molecule has 1 aromatic carbocycles.